The second kappa shape index (κ2) is 6.56. The molecule has 0 amide bonds. The molecule has 6 nitrogen and oxygen atoms in total. The fourth-order valence-corrected chi connectivity index (χ4v) is 2.27. The molecule has 0 aliphatic heterocycles. The number of Topliss-reactive ketones (excluding diaryl/α,β-unsaturated/α-hetero) is 1. The average molecular weight is 314 g/mol. The number of hydrogen-bond donors (Lipinski definition) is 0. The van der Waals surface area contributed by atoms with Gasteiger partial charge in [0.05, 0.1) is 17.7 Å². The van der Waals surface area contributed by atoms with Crippen LogP contribution < -0.4 is 5.56 Å². The van der Waals surface area contributed by atoms with E-state index in [1.54, 1.807) is 12.1 Å². The number of pyridine rings is 1. The Morgan fingerprint density at radius 1 is 1.26 bits per heavy atom. The van der Waals surface area contributed by atoms with E-state index in [2.05, 4.69) is 13.8 Å². The third-order valence-electron chi connectivity index (χ3n) is 3.72. The summed E-state index contributed by atoms with van der Waals surface area (Å²) in [4.78, 5) is 34.6. The largest absolute Gasteiger partial charge is 0.301 e. The smallest absolute Gasteiger partial charge is 0.288 e. The highest BCUT2D eigenvalue weighted by Gasteiger charge is 2.15. The highest BCUT2D eigenvalue weighted by molar-refractivity contribution is 5.95. The summed E-state index contributed by atoms with van der Waals surface area (Å²) in [5.74, 6) is 0.0991. The molecule has 0 aliphatic carbocycles. The van der Waals surface area contributed by atoms with Crippen molar-refractivity contribution >= 4 is 11.5 Å². The SMILES string of the molecule is Cc1cc(=O)n(CC(=O)c2ccc(C(C)C)cc2)cc1[N+](=O)[O-]. The first kappa shape index (κ1) is 16.6. The lowest BCUT2D eigenvalue weighted by atomic mass is 10.0. The van der Waals surface area contributed by atoms with Crippen LogP contribution in [0.2, 0.25) is 0 Å². The molecule has 1 aromatic heterocycles. The predicted octanol–water partition coefficient (Wildman–Crippen LogP) is 3.07. The molecule has 23 heavy (non-hydrogen) atoms. The monoisotopic (exact) mass is 314 g/mol. The van der Waals surface area contributed by atoms with Gasteiger partial charge in [-0.3, -0.25) is 19.7 Å². The number of nitro groups is 1. The van der Waals surface area contributed by atoms with Crippen LogP contribution in [0.25, 0.3) is 0 Å². The van der Waals surface area contributed by atoms with Crippen LogP contribution in [0.1, 0.15) is 41.3 Å². The Bertz CT molecular complexity index is 804. The molecular weight excluding hydrogens is 296 g/mol. The van der Waals surface area contributed by atoms with Crippen molar-refractivity contribution in [2.75, 3.05) is 0 Å². The van der Waals surface area contributed by atoms with Crippen molar-refractivity contribution in [3.8, 4) is 0 Å². The van der Waals surface area contributed by atoms with Crippen LogP contribution >= 0.6 is 0 Å². The fourth-order valence-electron chi connectivity index (χ4n) is 2.27. The van der Waals surface area contributed by atoms with E-state index in [1.165, 1.54) is 13.0 Å². The quantitative estimate of drug-likeness (QED) is 0.482. The standard InChI is InChI=1S/C17H18N2O4/c1-11(2)13-4-6-14(7-5-13)16(20)10-18-9-15(19(22)23)12(3)8-17(18)21/h4-9,11H,10H2,1-3H3. The van der Waals surface area contributed by atoms with Crippen LogP contribution in [-0.4, -0.2) is 15.3 Å². The summed E-state index contributed by atoms with van der Waals surface area (Å²) in [6.07, 6.45) is 1.12. The van der Waals surface area contributed by atoms with Gasteiger partial charge in [0.1, 0.15) is 0 Å². The molecule has 0 radical (unpaired) electrons. The van der Waals surface area contributed by atoms with Crippen LogP contribution in [-0.2, 0) is 6.54 Å². The Hall–Kier alpha value is -2.76. The van der Waals surface area contributed by atoms with Gasteiger partial charge in [0.15, 0.2) is 5.78 Å². The van der Waals surface area contributed by atoms with E-state index in [9.17, 15) is 19.7 Å². The van der Waals surface area contributed by atoms with Crippen LogP contribution in [0, 0.1) is 17.0 Å². The van der Waals surface area contributed by atoms with Crippen molar-refractivity contribution in [1.29, 1.82) is 0 Å². The molecule has 1 aromatic carbocycles. The van der Waals surface area contributed by atoms with Gasteiger partial charge < -0.3 is 4.57 Å². The molecule has 0 atom stereocenters. The normalized spacial score (nSPS) is 10.8. The Kier molecular flexibility index (Phi) is 4.74. The van der Waals surface area contributed by atoms with Gasteiger partial charge in [0.25, 0.3) is 11.2 Å². The van der Waals surface area contributed by atoms with E-state index in [0.29, 0.717) is 11.5 Å². The number of carbonyl (C=O) groups excluding carboxylic acids is 1. The summed E-state index contributed by atoms with van der Waals surface area (Å²) in [6.45, 7) is 5.39. The molecule has 6 heteroatoms. The number of nitrogens with zero attached hydrogens (tertiary/aromatic N) is 2. The van der Waals surface area contributed by atoms with Gasteiger partial charge >= 0.3 is 0 Å². The average Bonchev–Trinajstić information content (AvgIpc) is 2.49. The summed E-state index contributed by atoms with van der Waals surface area (Å²) in [7, 11) is 0. The van der Waals surface area contributed by atoms with Crippen molar-refractivity contribution in [3.63, 3.8) is 0 Å². The molecule has 0 bridgehead atoms. The van der Waals surface area contributed by atoms with Crippen molar-refractivity contribution in [1.82, 2.24) is 4.57 Å². The first-order chi connectivity index (χ1) is 10.8. The number of carbonyl (C=O) groups is 1. The number of aromatic nitrogens is 1. The van der Waals surface area contributed by atoms with E-state index in [0.717, 1.165) is 16.3 Å². The van der Waals surface area contributed by atoms with Crippen LogP contribution in [0.15, 0.2) is 41.3 Å². The second-order valence-electron chi connectivity index (χ2n) is 5.76. The number of benzene rings is 1. The van der Waals surface area contributed by atoms with Gasteiger partial charge in [-0.05, 0) is 18.4 Å². The highest BCUT2D eigenvalue weighted by atomic mass is 16.6. The minimum Gasteiger partial charge on any atom is -0.301 e. The maximum atomic E-state index is 12.3. The fraction of sp³-hybridized carbons (Fsp3) is 0.294. The zero-order chi connectivity index (χ0) is 17.1. The lowest BCUT2D eigenvalue weighted by molar-refractivity contribution is -0.385. The molecule has 0 saturated carbocycles. The topological polar surface area (TPSA) is 82.2 Å². The molecule has 2 aromatic rings. The number of ketones is 1. The van der Waals surface area contributed by atoms with Crippen LogP contribution in [0.5, 0.6) is 0 Å². The van der Waals surface area contributed by atoms with E-state index in [1.807, 2.05) is 12.1 Å². The number of rotatable bonds is 5. The van der Waals surface area contributed by atoms with E-state index < -0.39 is 10.5 Å². The first-order valence-corrected chi connectivity index (χ1v) is 7.28. The Morgan fingerprint density at radius 2 is 1.87 bits per heavy atom. The van der Waals surface area contributed by atoms with Gasteiger partial charge in [-0.25, -0.2) is 0 Å². The minimum atomic E-state index is -0.562. The molecule has 1 heterocycles. The van der Waals surface area contributed by atoms with Gasteiger partial charge in [0.2, 0.25) is 0 Å². The minimum absolute atomic E-state index is 0.174. The van der Waals surface area contributed by atoms with E-state index in [4.69, 9.17) is 0 Å². The summed E-state index contributed by atoms with van der Waals surface area (Å²) in [6, 6.07) is 8.35. The summed E-state index contributed by atoms with van der Waals surface area (Å²) >= 11 is 0. The Balaban J connectivity index is 2.28. The van der Waals surface area contributed by atoms with Crippen LogP contribution in [0.4, 0.5) is 5.69 Å². The first-order valence-electron chi connectivity index (χ1n) is 7.28. The molecule has 0 aliphatic rings. The summed E-state index contributed by atoms with van der Waals surface area (Å²) in [5.41, 5.74) is 1.27. The zero-order valence-electron chi connectivity index (χ0n) is 13.3. The van der Waals surface area contributed by atoms with Gasteiger partial charge in [0, 0.05) is 17.2 Å². The lowest BCUT2D eigenvalue weighted by Gasteiger charge is -2.08. The Morgan fingerprint density at radius 3 is 2.39 bits per heavy atom. The van der Waals surface area contributed by atoms with Gasteiger partial charge in [-0.1, -0.05) is 38.1 Å². The molecule has 0 unspecified atom stereocenters. The van der Waals surface area contributed by atoms with Gasteiger partial charge in [-0.2, -0.15) is 0 Å². The highest BCUT2D eigenvalue weighted by Crippen LogP contribution is 2.16. The van der Waals surface area contributed by atoms with E-state index in [-0.39, 0.29) is 23.6 Å². The molecule has 2 rings (SSSR count). The third-order valence-corrected chi connectivity index (χ3v) is 3.72. The van der Waals surface area contributed by atoms with Gasteiger partial charge in [-0.15, -0.1) is 0 Å². The molecule has 0 N–H and O–H groups in total. The summed E-state index contributed by atoms with van der Waals surface area (Å²) in [5, 5.41) is 10.9. The second-order valence-corrected chi connectivity index (χ2v) is 5.76. The Labute approximate surface area is 133 Å². The molecule has 0 fully saturated rings. The third kappa shape index (κ3) is 3.71. The zero-order valence-corrected chi connectivity index (χ0v) is 13.3. The predicted molar refractivity (Wildman–Crippen MR) is 87.0 cm³/mol. The van der Waals surface area contributed by atoms with Crippen molar-refractivity contribution in [3.05, 3.63) is 73.7 Å². The summed E-state index contributed by atoms with van der Waals surface area (Å²) < 4.78 is 1.07. The molecule has 0 spiro atoms. The van der Waals surface area contributed by atoms with Crippen molar-refractivity contribution < 1.29 is 9.72 Å². The molecular formula is C17H18N2O4. The molecule has 120 valence electrons. The van der Waals surface area contributed by atoms with Crippen LogP contribution in [0.3, 0.4) is 0 Å². The maximum Gasteiger partial charge on any atom is 0.288 e. The number of aryl methyl sites for hydroxylation is 1. The number of hydrogen-bond acceptors (Lipinski definition) is 4. The van der Waals surface area contributed by atoms with E-state index >= 15 is 0 Å². The van der Waals surface area contributed by atoms with Crippen molar-refractivity contribution in [2.45, 2.75) is 33.2 Å². The molecule has 0 saturated heterocycles. The lowest BCUT2D eigenvalue weighted by Crippen LogP contribution is -2.24. The van der Waals surface area contributed by atoms with Crippen molar-refractivity contribution in [2.24, 2.45) is 0 Å². The maximum absolute atomic E-state index is 12.3.